The van der Waals surface area contributed by atoms with Gasteiger partial charge in [0.2, 0.25) is 5.75 Å². The van der Waals surface area contributed by atoms with Gasteiger partial charge in [0.05, 0.1) is 47.9 Å². The molecule has 0 radical (unpaired) electrons. The first-order chi connectivity index (χ1) is 16.8. The zero-order valence-electron chi connectivity index (χ0n) is 19.3. The van der Waals surface area contributed by atoms with Crippen molar-refractivity contribution in [2.45, 2.75) is 32.6 Å². The highest BCUT2D eigenvalue weighted by Gasteiger charge is 2.27. The number of phenolic OH excluding ortho intramolecular Hbond substituents is 1. The third kappa shape index (κ3) is 3.56. The lowest BCUT2D eigenvalue weighted by Crippen LogP contribution is -2.21. The van der Waals surface area contributed by atoms with Crippen LogP contribution in [-0.4, -0.2) is 40.1 Å². The Morgan fingerprint density at radius 3 is 2.63 bits per heavy atom. The molecule has 180 valence electrons. The highest BCUT2D eigenvalue weighted by molar-refractivity contribution is 6.05. The lowest BCUT2D eigenvalue weighted by atomic mass is 9.93. The number of hydrogen-bond donors (Lipinski definition) is 1. The van der Waals surface area contributed by atoms with Gasteiger partial charge in [-0.25, -0.2) is 4.98 Å². The number of nitro benzene ring substituents is 1. The number of phenols is 1. The van der Waals surface area contributed by atoms with E-state index in [1.807, 2.05) is 0 Å². The standard InChI is InChI=1S/C24H22N4O7/c1-12-26-16-9-20(34-3)19(33-2)8-14(16)24(30)27(12)25-11-15-22-13-6-4-5-7-18(13)35-21(22)10-17(23(15)29)28(31)32/h8-11,29H,4-7H2,1-3H3/b25-11-. The molecular formula is C24H22N4O7. The largest absolute Gasteiger partial charge is 0.502 e. The Bertz CT molecular complexity index is 1600. The molecule has 0 saturated carbocycles. The number of furan rings is 1. The van der Waals surface area contributed by atoms with E-state index in [0.29, 0.717) is 34.4 Å². The third-order valence-corrected chi connectivity index (χ3v) is 6.25. The molecule has 0 fully saturated rings. The van der Waals surface area contributed by atoms with Gasteiger partial charge in [-0.05, 0) is 32.3 Å². The Labute approximate surface area is 198 Å². The van der Waals surface area contributed by atoms with Crippen LogP contribution in [0.1, 0.15) is 35.6 Å². The van der Waals surface area contributed by atoms with E-state index < -0.39 is 21.9 Å². The maximum absolute atomic E-state index is 13.3. The van der Waals surface area contributed by atoms with Gasteiger partial charge in [-0.3, -0.25) is 14.9 Å². The van der Waals surface area contributed by atoms with Crippen LogP contribution >= 0.6 is 0 Å². The van der Waals surface area contributed by atoms with E-state index in [9.17, 15) is 20.0 Å². The second-order valence-corrected chi connectivity index (χ2v) is 8.24. The quantitative estimate of drug-likeness (QED) is 0.259. The summed E-state index contributed by atoms with van der Waals surface area (Å²) < 4.78 is 17.6. The first kappa shape index (κ1) is 22.4. The molecule has 11 nitrogen and oxygen atoms in total. The second kappa shape index (κ2) is 8.42. The number of nitro groups is 1. The van der Waals surface area contributed by atoms with Crippen molar-refractivity contribution < 1.29 is 23.9 Å². The first-order valence-corrected chi connectivity index (χ1v) is 11.0. The van der Waals surface area contributed by atoms with Crippen molar-refractivity contribution in [3.63, 3.8) is 0 Å². The summed E-state index contributed by atoms with van der Waals surface area (Å²) in [5.41, 5.74) is 0.763. The van der Waals surface area contributed by atoms with Crippen molar-refractivity contribution in [3.05, 3.63) is 61.4 Å². The van der Waals surface area contributed by atoms with Gasteiger partial charge in [-0.1, -0.05) is 0 Å². The molecule has 1 aliphatic rings. The summed E-state index contributed by atoms with van der Waals surface area (Å²) in [6.45, 7) is 1.61. The van der Waals surface area contributed by atoms with Crippen molar-refractivity contribution in [1.82, 2.24) is 9.66 Å². The van der Waals surface area contributed by atoms with E-state index in [1.165, 1.54) is 32.6 Å². The second-order valence-electron chi connectivity index (χ2n) is 8.24. The molecule has 5 rings (SSSR count). The highest BCUT2D eigenvalue weighted by atomic mass is 16.6. The number of benzene rings is 2. The number of hydrogen-bond acceptors (Lipinski definition) is 9. The Morgan fingerprint density at radius 1 is 1.20 bits per heavy atom. The zero-order chi connectivity index (χ0) is 24.9. The van der Waals surface area contributed by atoms with Gasteiger partial charge in [0, 0.05) is 23.4 Å². The number of aryl methyl sites for hydroxylation is 3. The molecule has 0 aliphatic heterocycles. The number of rotatable bonds is 5. The topological polar surface area (TPSA) is 142 Å². The Kier molecular flexibility index (Phi) is 5.39. The molecule has 11 heteroatoms. The molecule has 4 aromatic rings. The molecular weight excluding hydrogens is 456 g/mol. The summed E-state index contributed by atoms with van der Waals surface area (Å²) >= 11 is 0. The molecule has 1 aliphatic carbocycles. The van der Waals surface area contributed by atoms with E-state index >= 15 is 0 Å². The molecule has 2 heterocycles. The number of aromatic nitrogens is 2. The average molecular weight is 478 g/mol. The van der Waals surface area contributed by atoms with Gasteiger partial charge >= 0.3 is 5.69 Å². The van der Waals surface area contributed by atoms with Crippen molar-refractivity contribution in [2.24, 2.45) is 5.10 Å². The van der Waals surface area contributed by atoms with Crippen molar-refractivity contribution in [3.8, 4) is 17.2 Å². The fraction of sp³-hybridized carbons (Fsp3) is 0.292. The summed E-state index contributed by atoms with van der Waals surface area (Å²) in [7, 11) is 2.95. The highest BCUT2D eigenvalue weighted by Crippen LogP contribution is 2.41. The maximum atomic E-state index is 13.3. The number of fused-ring (bicyclic) bond motifs is 4. The third-order valence-electron chi connectivity index (χ3n) is 6.25. The van der Waals surface area contributed by atoms with Crippen LogP contribution in [0, 0.1) is 17.0 Å². The Balaban J connectivity index is 1.73. The summed E-state index contributed by atoms with van der Waals surface area (Å²) in [5, 5.41) is 27.5. The van der Waals surface area contributed by atoms with Crippen LogP contribution in [0.25, 0.3) is 21.9 Å². The van der Waals surface area contributed by atoms with Crippen molar-refractivity contribution in [2.75, 3.05) is 14.2 Å². The average Bonchev–Trinajstić information content (AvgIpc) is 3.22. The summed E-state index contributed by atoms with van der Waals surface area (Å²) in [5.74, 6) is 1.29. The fourth-order valence-electron chi connectivity index (χ4n) is 4.56. The van der Waals surface area contributed by atoms with Gasteiger partial charge in [0.25, 0.3) is 5.56 Å². The number of ether oxygens (including phenoxy) is 2. The van der Waals surface area contributed by atoms with E-state index in [4.69, 9.17) is 13.9 Å². The molecule has 0 amide bonds. The molecule has 0 unspecified atom stereocenters. The fourth-order valence-corrected chi connectivity index (χ4v) is 4.56. The van der Waals surface area contributed by atoms with Crippen LogP contribution in [0.15, 0.2) is 32.5 Å². The van der Waals surface area contributed by atoms with Gasteiger partial charge in [0.15, 0.2) is 11.5 Å². The van der Waals surface area contributed by atoms with Gasteiger partial charge in [-0.15, -0.1) is 0 Å². The van der Waals surface area contributed by atoms with Crippen LogP contribution in [0.2, 0.25) is 0 Å². The van der Waals surface area contributed by atoms with Crippen molar-refractivity contribution in [1.29, 1.82) is 0 Å². The van der Waals surface area contributed by atoms with E-state index in [-0.39, 0.29) is 16.8 Å². The Morgan fingerprint density at radius 2 is 1.91 bits per heavy atom. The van der Waals surface area contributed by atoms with E-state index in [1.54, 1.807) is 13.0 Å². The maximum Gasteiger partial charge on any atom is 0.315 e. The molecule has 0 saturated heterocycles. The molecule has 2 aromatic carbocycles. The van der Waals surface area contributed by atoms with Gasteiger partial charge < -0.3 is 19.0 Å². The van der Waals surface area contributed by atoms with Crippen LogP contribution < -0.4 is 15.0 Å². The first-order valence-electron chi connectivity index (χ1n) is 11.0. The molecule has 35 heavy (non-hydrogen) atoms. The molecule has 0 spiro atoms. The summed E-state index contributed by atoms with van der Waals surface area (Å²) in [6.07, 6.45) is 4.58. The minimum Gasteiger partial charge on any atom is -0.502 e. The number of methoxy groups -OCH3 is 2. The normalized spacial score (nSPS) is 13.5. The van der Waals surface area contributed by atoms with Gasteiger partial charge in [-0.2, -0.15) is 9.78 Å². The van der Waals surface area contributed by atoms with Crippen LogP contribution in [0.5, 0.6) is 17.2 Å². The van der Waals surface area contributed by atoms with Gasteiger partial charge in [0.1, 0.15) is 17.2 Å². The molecule has 2 aromatic heterocycles. The molecule has 1 N–H and O–H groups in total. The number of nitrogens with zero attached hydrogens (tertiary/aromatic N) is 4. The Hall–Kier alpha value is -4.41. The van der Waals surface area contributed by atoms with E-state index in [2.05, 4.69) is 10.1 Å². The SMILES string of the molecule is COc1cc2nc(C)n(/N=C\c3c(O)c([N+](=O)[O-])cc4oc5c(c34)CCCC5)c(=O)c2cc1OC. The van der Waals surface area contributed by atoms with Crippen LogP contribution in [-0.2, 0) is 12.8 Å². The summed E-state index contributed by atoms with van der Waals surface area (Å²) in [6, 6.07) is 4.35. The zero-order valence-corrected chi connectivity index (χ0v) is 19.3. The minimum atomic E-state index is -0.678. The monoisotopic (exact) mass is 478 g/mol. The van der Waals surface area contributed by atoms with Crippen molar-refractivity contribution >= 4 is 33.8 Å². The minimum absolute atomic E-state index is 0.125. The number of aromatic hydroxyl groups is 1. The smallest absolute Gasteiger partial charge is 0.315 e. The van der Waals surface area contributed by atoms with Crippen LogP contribution in [0.4, 0.5) is 5.69 Å². The van der Waals surface area contributed by atoms with Crippen LogP contribution in [0.3, 0.4) is 0 Å². The predicted octanol–water partition coefficient (Wildman–Crippen LogP) is 3.84. The summed E-state index contributed by atoms with van der Waals surface area (Å²) in [4.78, 5) is 28.6. The lowest BCUT2D eigenvalue weighted by molar-refractivity contribution is -0.385. The predicted molar refractivity (Wildman–Crippen MR) is 128 cm³/mol. The molecule has 0 bridgehead atoms. The molecule has 0 atom stereocenters. The van der Waals surface area contributed by atoms with E-state index in [0.717, 1.165) is 35.3 Å². The lowest BCUT2D eigenvalue weighted by Gasteiger charge is -2.11.